The molecule has 0 aromatic carbocycles. The van der Waals surface area contributed by atoms with E-state index in [0.29, 0.717) is 0 Å². The van der Waals surface area contributed by atoms with E-state index >= 15 is 0 Å². The molecule has 0 aliphatic heterocycles. The van der Waals surface area contributed by atoms with E-state index < -0.39 is 25.5 Å². The molecule has 0 aliphatic carbocycles. The van der Waals surface area contributed by atoms with Gasteiger partial charge in [0.2, 0.25) is 10.4 Å². The van der Waals surface area contributed by atoms with Crippen LogP contribution in [0.4, 0.5) is 0 Å². The molecule has 0 atom stereocenters. The molecule has 0 unspecified atom stereocenters. The molecule has 13 nitrogen and oxygen atoms in total. The number of hydrogen-bond acceptors (Lipinski definition) is 8. The lowest BCUT2D eigenvalue weighted by atomic mass is 10.3. The number of rotatable bonds is 0. The van der Waals surface area contributed by atoms with Crippen LogP contribution in [0.1, 0.15) is 0 Å². The summed E-state index contributed by atoms with van der Waals surface area (Å²) in [6.45, 7) is 0. The summed E-state index contributed by atoms with van der Waals surface area (Å²) in [5.74, 6) is 0. The van der Waals surface area contributed by atoms with Gasteiger partial charge in [0.15, 0.2) is 0 Å². The lowest BCUT2D eigenvalue weighted by Crippen LogP contribution is -2.07. The zero-order valence-electron chi connectivity index (χ0n) is 8.16. The first-order chi connectivity index (χ1) is 5.73. The van der Waals surface area contributed by atoms with Crippen molar-refractivity contribution in [2.75, 3.05) is 0 Å². The highest BCUT2D eigenvalue weighted by Gasteiger charge is 1.92. The summed E-state index contributed by atoms with van der Waals surface area (Å²) in [5, 5.41) is 21.5. The maximum absolute atomic E-state index is 8.77. The number of quaternary nitrogens is 2. The van der Waals surface area contributed by atoms with Crippen molar-refractivity contribution >= 4 is 25.5 Å². The lowest BCUT2D eigenvalue weighted by Gasteiger charge is -2.01. The topological polar surface area (TPSA) is 292 Å². The van der Waals surface area contributed by atoms with Crippen LogP contribution in [-0.2, 0) is 15.0 Å². The standard InChI is InChI=1S/BH3O3.2H3N.H3O4P.H2O4S/c2-1(3)4;;;2*1-5(2,3)4/h2-4H;2*1H3;(H3,1,2,3,4);(H2,1,2,3,4). The summed E-state index contributed by atoms with van der Waals surface area (Å²) in [7, 11) is -12.0. The van der Waals surface area contributed by atoms with E-state index in [1.165, 1.54) is 0 Å². The first-order valence-corrected chi connectivity index (χ1v) is 5.12. The second-order valence-electron chi connectivity index (χ2n) is 1.26. The molecule has 0 bridgehead atoms. The smallest absolute Gasteiger partial charge is 0.631 e. The first kappa shape index (κ1) is 29.7. The molecule has 0 saturated carbocycles. The molecular weight excluding hydrogens is 278 g/mol. The van der Waals surface area contributed by atoms with Gasteiger partial charge >= 0.3 is 7.32 Å². The normalized spacial score (nSPS) is 9.00. The van der Waals surface area contributed by atoms with Crippen molar-refractivity contribution in [3.05, 3.63) is 0 Å². The van der Waals surface area contributed by atoms with Gasteiger partial charge in [-0.25, -0.2) is 8.42 Å². The molecule has 0 heterocycles. The van der Waals surface area contributed by atoms with Crippen LogP contribution in [0, 0.1) is 0 Å². The Morgan fingerprint density at radius 1 is 1.06 bits per heavy atom. The van der Waals surface area contributed by atoms with E-state index in [2.05, 4.69) is 0 Å². The molecule has 0 aromatic rings. The van der Waals surface area contributed by atoms with E-state index in [1.807, 2.05) is 0 Å². The van der Waals surface area contributed by atoms with E-state index in [1.54, 1.807) is 0 Å². The van der Waals surface area contributed by atoms with Crippen LogP contribution < -0.4 is 17.2 Å². The van der Waals surface area contributed by atoms with Crippen LogP contribution in [0.25, 0.3) is 0 Å². The molecule has 0 amide bonds. The van der Waals surface area contributed by atoms with E-state index in [-0.39, 0.29) is 12.3 Å². The van der Waals surface area contributed by atoms with Crippen LogP contribution in [0.2, 0.25) is 0 Å². The van der Waals surface area contributed by atoms with Gasteiger partial charge in [-0.3, -0.25) is 9.12 Å². The minimum atomic E-state index is -4.92. The summed E-state index contributed by atoms with van der Waals surface area (Å²) in [6.07, 6.45) is 0. The highest BCUT2D eigenvalue weighted by molar-refractivity contribution is 7.79. The molecule has 16 heavy (non-hydrogen) atoms. The maximum atomic E-state index is 8.77. The van der Waals surface area contributed by atoms with Gasteiger partial charge in [0.05, 0.1) is 0 Å². The van der Waals surface area contributed by atoms with E-state index in [0.717, 1.165) is 0 Å². The molecule has 0 radical (unpaired) electrons. The average molecular weight is 292 g/mol. The Balaban J connectivity index is -0.0000000358. The third kappa shape index (κ3) is 95000. The molecule has 0 aromatic heterocycles. The van der Waals surface area contributed by atoms with Crippen molar-refractivity contribution in [1.82, 2.24) is 12.3 Å². The molecule has 0 saturated heterocycles. The summed E-state index contributed by atoms with van der Waals surface area (Å²) < 4.78 is 41.6. The summed E-state index contributed by atoms with van der Waals surface area (Å²) in [6, 6.07) is 0. The Labute approximate surface area is 90.5 Å². The predicted molar refractivity (Wildman–Crippen MR) is 48.8 cm³/mol. The third-order valence-electron chi connectivity index (χ3n) is 0. The Morgan fingerprint density at radius 2 is 1.06 bits per heavy atom. The highest BCUT2D eigenvalue weighted by atomic mass is 32.3. The number of phosphoric acid groups is 1. The molecule has 0 aliphatic rings. The van der Waals surface area contributed by atoms with Crippen LogP contribution in [0.5, 0.6) is 0 Å². The Kier molecular flexibility index (Phi) is 24.0. The highest BCUT2D eigenvalue weighted by Crippen LogP contribution is 2.18. The van der Waals surface area contributed by atoms with Crippen molar-refractivity contribution in [3.63, 3.8) is 0 Å². The van der Waals surface area contributed by atoms with E-state index in [4.69, 9.17) is 51.8 Å². The lowest BCUT2D eigenvalue weighted by molar-refractivity contribution is -0.214. The zero-order chi connectivity index (χ0) is 12.6. The summed E-state index contributed by atoms with van der Waals surface area (Å²) in [4.78, 5) is 22.9. The van der Waals surface area contributed by atoms with Crippen molar-refractivity contribution in [1.29, 1.82) is 0 Å². The average Bonchev–Trinajstić information content (AvgIpc) is 1.45. The second-order valence-corrected chi connectivity index (χ2v) is 3.10. The summed E-state index contributed by atoms with van der Waals surface area (Å²) in [5.41, 5.74) is 0. The van der Waals surface area contributed by atoms with Crippen LogP contribution in [-0.4, -0.2) is 49.7 Å². The van der Waals surface area contributed by atoms with Gasteiger partial charge in [0.1, 0.15) is 0 Å². The molecule has 0 fully saturated rings. The largest absolute Gasteiger partial charge is 0.756 e. The van der Waals surface area contributed by atoms with Crippen molar-refractivity contribution in [2.24, 2.45) is 0 Å². The Morgan fingerprint density at radius 3 is 1.06 bits per heavy atom. The Bertz CT molecular complexity index is 234. The zero-order valence-corrected chi connectivity index (χ0v) is 9.87. The van der Waals surface area contributed by atoms with Crippen LogP contribution in [0.3, 0.4) is 0 Å². The van der Waals surface area contributed by atoms with Crippen LogP contribution >= 0.6 is 7.82 Å². The quantitative estimate of drug-likeness (QED) is 0.0923. The van der Waals surface area contributed by atoms with Crippen molar-refractivity contribution in [3.8, 4) is 0 Å². The summed E-state index contributed by atoms with van der Waals surface area (Å²) >= 11 is 0. The first-order valence-electron chi connectivity index (χ1n) is 2.22. The maximum Gasteiger partial charge on any atom is 0.631 e. The molecule has 14 N–H and O–H groups in total. The van der Waals surface area contributed by atoms with Gasteiger partial charge in [0.25, 0.3) is 7.82 Å². The minimum Gasteiger partial charge on any atom is -0.756 e. The van der Waals surface area contributed by atoms with Gasteiger partial charge in [-0.2, -0.15) is 0 Å². The van der Waals surface area contributed by atoms with Crippen LogP contribution in [0.15, 0.2) is 0 Å². The van der Waals surface area contributed by atoms with Crippen molar-refractivity contribution < 1.29 is 51.8 Å². The second kappa shape index (κ2) is 12.9. The van der Waals surface area contributed by atoms with E-state index in [9.17, 15) is 0 Å². The molecule has 104 valence electrons. The predicted octanol–water partition coefficient (Wildman–Crippen LogP) is -3.86. The minimum absolute atomic E-state index is 0. The fraction of sp³-hybridized carbons (Fsp3) is 0. The number of hydrogen-bond donors (Lipinski definition) is 8. The molecule has 0 rings (SSSR count). The van der Waals surface area contributed by atoms with Gasteiger partial charge < -0.3 is 46.6 Å². The molecular formula is H14BN2O11PS. The fourth-order valence-corrected chi connectivity index (χ4v) is 0. The van der Waals surface area contributed by atoms with Crippen molar-refractivity contribution in [2.45, 2.75) is 0 Å². The fourth-order valence-electron chi connectivity index (χ4n) is 0. The van der Waals surface area contributed by atoms with Gasteiger partial charge in [-0.1, -0.05) is 0 Å². The molecule has 0 spiro atoms. The monoisotopic (exact) mass is 292 g/mol. The Hall–Kier alpha value is -0.155. The molecule has 16 heteroatoms. The van der Waals surface area contributed by atoms with Gasteiger partial charge in [-0.05, 0) is 0 Å². The van der Waals surface area contributed by atoms with Gasteiger partial charge in [0, 0.05) is 0 Å². The third-order valence-corrected chi connectivity index (χ3v) is 0. The SMILES string of the molecule is O=P([O-])(O)O.O=S(=O)([O-])O.OB(O)O.[NH4+].[NH4+]. The van der Waals surface area contributed by atoms with Gasteiger partial charge in [-0.15, -0.1) is 0 Å².